The van der Waals surface area contributed by atoms with Gasteiger partial charge in [0, 0.05) is 24.1 Å². The summed E-state index contributed by atoms with van der Waals surface area (Å²) in [6.45, 7) is 1.04. The molecule has 0 fully saturated rings. The van der Waals surface area contributed by atoms with E-state index in [2.05, 4.69) is 9.88 Å². The number of carbonyl (C=O) groups excluding carboxylic acids is 1. The molecule has 30 heavy (non-hydrogen) atoms. The van der Waals surface area contributed by atoms with Crippen LogP contribution in [0.15, 0.2) is 72.8 Å². The van der Waals surface area contributed by atoms with Crippen molar-refractivity contribution < 1.29 is 13.9 Å². The van der Waals surface area contributed by atoms with Crippen LogP contribution in [0.1, 0.15) is 21.7 Å². The van der Waals surface area contributed by atoms with Gasteiger partial charge < -0.3 is 14.6 Å². The number of aromatic nitrogens is 2. The molecule has 0 aliphatic carbocycles. The predicted octanol–water partition coefficient (Wildman–Crippen LogP) is 4.20. The Hall–Kier alpha value is -3.67. The summed E-state index contributed by atoms with van der Waals surface area (Å²) >= 11 is 0. The van der Waals surface area contributed by atoms with Crippen molar-refractivity contribution in [2.24, 2.45) is 0 Å². The van der Waals surface area contributed by atoms with Crippen LogP contribution in [0.2, 0.25) is 0 Å². The van der Waals surface area contributed by atoms with Gasteiger partial charge in [0.1, 0.15) is 17.4 Å². The maximum atomic E-state index is 13.1. The molecule has 1 heterocycles. The molecular formula is C24H22FN3O2. The number of nitrogens with one attached hydrogen (secondary N) is 1. The Morgan fingerprint density at radius 3 is 2.57 bits per heavy atom. The van der Waals surface area contributed by atoms with Gasteiger partial charge in [-0.15, -0.1) is 0 Å². The highest BCUT2D eigenvalue weighted by atomic mass is 19.1. The topological polar surface area (TPSA) is 56.1 Å². The zero-order chi connectivity index (χ0) is 20.9. The summed E-state index contributed by atoms with van der Waals surface area (Å²) < 4.78 is 20.7. The van der Waals surface area contributed by atoms with Crippen LogP contribution < -0.4 is 10.1 Å². The highest BCUT2D eigenvalue weighted by molar-refractivity contribution is 5.94. The van der Waals surface area contributed by atoms with E-state index in [0.717, 1.165) is 28.2 Å². The van der Waals surface area contributed by atoms with Crippen LogP contribution in [0.3, 0.4) is 0 Å². The van der Waals surface area contributed by atoms with Crippen LogP contribution in [0.5, 0.6) is 5.75 Å². The molecule has 4 rings (SSSR count). The lowest BCUT2D eigenvalue weighted by molar-refractivity contribution is 0.0954. The first-order valence-corrected chi connectivity index (χ1v) is 9.75. The monoisotopic (exact) mass is 403 g/mol. The van der Waals surface area contributed by atoms with E-state index in [-0.39, 0.29) is 11.7 Å². The van der Waals surface area contributed by atoms with Crippen molar-refractivity contribution in [1.82, 2.24) is 14.9 Å². The van der Waals surface area contributed by atoms with Crippen LogP contribution in [0.4, 0.5) is 4.39 Å². The number of rotatable bonds is 7. The number of nitrogens with zero attached hydrogens (tertiary/aromatic N) is 2. The van der Waals surface area contributed by atoms with Crippen LogP contribution in [-0.4, -0.2) is 29.1 Å². The summed E-state index contributed by atoms with van der Waals surface area (Å²) in [6, 6.07) is 21.4. The number of ether oxygens (including phenoxy) is 1. The number of carbonyl (C=O) groups is 1. The minimum absolute atomic E-state index is 0.234. The van der Waals surface area contributed by atoms with Crippen molar-refractivity contribution >= 4 is 16.9 Å². The van der Waals surface area contributed by atoms with Gasteiger partial charge in [0.15, 0.2) is 0 Å². The number of hydrogen-bond acceptors (Lipinski definition) is 3. The molecule has 1 aromatic heterocycles. The van der Waals surface area contributed by atoms with Crippen LogP contribution >= 0.6 is 0 Å². The van der Waals surface area contributed by atoms with E-state index in [4.69, 9.17) is 9.72 Å². The van der Waals surface area contributed by atoms with Gasteiger partial charge in [0.05, 0.1) is 24.7 Å². The van der Waals surface area contributed by atoms with E-state index in [0.29, 0.717) is 25.1 Å². The molecule has 0 aliphatic heterocycles. The van der Waals surface area contributed by atoms with Crippen molar-refractivity contribution in [3.63, 3.8) is 0 Å². The zero-order valence-corrected chi connectivity index (χ0v) is 16.6. The average molecular weight is 403 g/mol. The lowest BCUT2D eigenvalue weighted by Crippen LogP contribution is -2.26. The van der Waals surface area contributed by atoms with Crippen molar-refractivity contribution in [1.29, 1.82) is 0 Å². The number of imidazole rings is 1. The third-order valence-electron chi connectivity index (χ3n) is 5.00. The molecule has 1 amide bonds. The zero-order valence-electron chi connectivity index (χ0n) is 16.6. The summed E-state index contributed by atoms with van der Waals surface area (Å²) in [5.41, 5.74) is 3.43. The summed E-state index contributed by atoms with van der Waals surface area (Å²) in [5, 5.41) is 2.89. The largest absolute Gasteiger partial charge is 0.496 e. The molecule has 0 radical (unpaired) electrons. The number of amides is 1. The Kier molecular flexibility index (Phi) is 5.75. The van der Waals surface area contributed by atoms with E-state index in [9.17, 15) is 9.18 Å². The summed E-state index contributed by atoms with van der Waals surface area (Å²) in [7, 11) is 1.66. The molecule has 0 spiro atoms. The van der Waals surface area contributed by atoms with Gasteiger partial charge >= 0.3 is 0 Å². The number of methoxy groups -OCH3 is 1. The third-order valence-corrected chi connectivity index (χ3v) is 5.00. The molecule has 6 heteroatoms. The lowest BCUT2D eigenvalue weighted by atomic mass is 10.2. The molecule has 0 bridgehead atoms. The molecule has 5 nitrogen and oxygen atoms in total. The van der Waals surface area contributed by atoms with Gasteiger partial charge in [-0.1, -0.05) is 30.3 Å². The third kappa shape index (κ3) is 4.17. The molecule has 152 valence electrons. The minimum atomic E-state index is -0.364. The van der Waals surface area contributed by atoms with Crippen molar-refractivity contribution in [2.45, 2.75) is 13.0 Å². The lowest BCUT2D eigenvalue weighted by Gasteiger charge is -2.13. The van der Waals surface area contributed by atoms with E-state index in [1.807, 2.05) is 48.5 Å². The number of benzene rings is 3. The average Bonchev–Trinajstić information content (AvgIpc) is 3.12. The Labute approximate surface area is 174 Å². The van der Waals surface area contributed by atoms with E-state index < -0.39 is 0 Å². The molecule has 0 atom stereocenters. The molecule has 0 saturated carbocycles. The second kappa shape index (κ2) is 8.78. The number of hydrogen-bond donors (Lipinski definition) is 1. The Morgan fingerprint density at radius 2 is 1.77 bits per heavy atom. The van der Waals surface area contributed by atoms with Gasteiger partial charge in [-0.05, 0) is 42.5 Å². The first kappa shape index (κ1) is 19.6. The van der Waals surface area contributed by atoms with Gasteiger partial charge in [0.2, 0.25) is 0 Å². The molecule has 0 aliphatic rings. The fourth-order valence-electron chi connectivity index (χ4n) is 3.49. The first-order chi connectivity index (χ1) is 14.7. The Bertz CT molecular complexity index is 1170. The molecular weight excluding hydrogens is 381 g/mol. The number of halogens is 1. The molecule has 4 aromatic rings. The van der Waals surface area contributed by atoms with Gasteiger partial charge in [-0.25, -0.2) is 9.37 Å². The van der Waals surface area contributed by atoms with Gasteiger partial charge in [0.25, 0.3) is 5.91 Å². The van der Waals surface area contributed by atoms with E-state index >= 15 is 0 Å². The molecule has 1 N–H and O–H groups in total. The summed E-state index contributed by atoms with van der Waals surface area (Å²) in [5.74, 6) is 1.10. The Morgan fingerprint density at radius 1 is 1.03 bits per heavy atom. The second-order valence-electron chi connectivity index (χ2n) is 6.93. The SMILES string of the molecule is COc1ccccc1Cn1c(CCNC(=O)c2ccc(F)cc2)nc2ccccc21. The fraction of sp³-hybridized carbons (Fsp3) is 0.167. The van der Waals surface area contributed by atoms with Crippen LogP contribution in [-0.2, 0) is 13.0 Å². The second-order valence-corrected chi connectivity index (χ2v) is 6.93. The molecule has 0 unspecified atom stereocenters. The van der Waals surface area contributed by atoms with E-state index in [1.165, 1.54) is 24.3 Å². The maximum absolute atomic E-state index is 13.1. The quantitative estimate of drug-likeness (QED) is 0.503. The highest BCUT2D eigenvalue weighted by Gasteiger charge is 2.13. The van der Waals surface area contributed by atoms with Gasteiger partial charge in [-0.2, -0.15) is 0 Å². The molecule has 3 aromatic carbocycles. The van der Waals surface area contributed by atoms with E-state index in [1.54, 1.807) is 7.11 Å². The normalized spacial score (nSPS) is 10.9. The number of para-hydroxylation sites is 3. The standard InChI is InChI=1S/C24H22FN3O2/c1-30-22-9-5-2-6-18(22)16-28-21-8-4-3-7-20(21)27-23(28)14-15-26-24(29)17-10-12-19(25)13-11-17/h2-13H,14-16H2,1H3,(H,26,29). The highest BCUT2D eigenvalue weighted by Crippen LogP contribution is 2.23. The fourth-order valence-corrected chi connectivity index (χ4v) is 3.49. The molecule has 0 saturated heterocycles. The van der Waals surface area contributed by atoms with Crippen molar-refractivity contribution in [2.75, 3.05) is 13.7 Å². The van der Waals surface area contributed by atoms with Crippen molar-refractivity contribution in [3.05, 3.63) is 95.6 Å². The maximum Gasteiger partial charge on any atom is 0.251 e. The van der Waals surface area contributed by atoms with Crippen LogP contribution in [0, 0.1) is 5.82 Å². The van der Waals surface area contributed by atoms with Crippen LogP contribution in [0.25, 0.3) is 11.0 Å². The predicted molar refractivity (Wildman–Crippen MR) is 114 cm³/mol. The summed E-state index contributed by atoms with van der Waals surface area (Å²) in [4.78, 5) is 17.1. The minimum Gasteiger partial charge on any atom is -0.496 e. The first-order valence-electron chi connectivity index (χ1n) is 9.75. The van der Waals surface area contributed by atoms with Crippen molar-refractivity contribution in [3.8, 4) is 5.75 Å². The number of fused-ring (bicyclic) bond motifs is 1. The smallest absolute Gasteiger partial charge is 0.251 e. The summed E-state index contributed by atoms with van der Waals surface area (Å²) in [6.07, 6.45) is 0.566. The van der Waals surface area contributed by atoms with Gasteiger partial charge in [-0.3, -0.25) is 4.79 Å². The Balaban J connectivity index is 1.54.